The smallest absolute Gasteiger partial charge is 0.176 e. The van der Waals surface area contributed by atoms with Crippen molar-refractivity contribution >= 4 is 48.6 Å². The number of halogens is 3. The SMILES string of the molecule is ON=C(Cl)c1cccc(Br)c1Br. The first kappa shape index (κ1) is 10.0. The molecule has 2 nitrogen and oxygen atoms in total. The minimum Gasteiger partial charge on any atom is -0.410 e. The van der Waals surface area contributed by atoms with E-state index in [4.69, 9.17) is 16.8 Å². The average Bonchev–Trinajstić information content (AvgIpc) is 2.08. The largest absolute Gasteiger partial charge is 0.410 e. The Morgan fingerprint density at radius 2 is 2.08 bits per heavy atom. The molecule has 0 spiro atoms. The van der Waals surface area contributed by atoms with Crippen LogP contribution in [0.25, 0.3) is 0 Å². The van der Waals surface area contributed by atoms with Crippen molar-refractivity contribution in [3.05, 3.63) is 32.7 Å². The van der Waals surface area contributed by atoms with Crippen molar-refractivity contribution in [1.29, 1.82) is 0 Å². The summed E-state index contributed by atoms with van der Waals surface area (Å²) in [6, 6.07) is 5.41. The maximum atomic E-state index is 8.42. The fourth-order valence-electron chi connectivity index (χ4n) is 0.717. The van der Waals surface area contributed by atoms with Crippen molar-refractivity contribution < 1.29 is 5.21 Å². The van der Waals surface area contributed by atoms with Gasteiger partial charge in [-0.2, -0.15) is 0 Å². The molecule has 1 aromatic rings. The van der Waals surface area contributed by atoms with Crippen molar-refractivity contribution in [3.8, 4) is 0 Å². The standard InChI is InChI=1S/C7H4Br2ClNO/c8-5-3-1-2-4(6(5)9)7(10)11-12/h1-3,12H. The zero-order valence-electron chi connectivity index (χ0n) is 5.76. The van der Waals surface area contributed by atoms with Gasteiger partial charge in [0.05, 0.1) is 0 Å². The van der Waals surface area contributed by atoms with Gasteiger partial charge in [-0.05, 0) is 37.9 Å². The van der Waals surface area contributed by atoms with Gasteiger partial charge < -0.3 is 5.21 Å². The van der Waals surface area contributed by atoms with E-state index in [1.165, 1.54) is 0 Å². The first-order chi connectivity index (χ1) is 5.66. The Kier molecular flexibility index (Phi) is 3.55. The van der Waals surface area contributed by atoms with Gasteiger partial charge in [-0.25, -0.2) is 0 Å². The number of rotatable bonds is 1. The first-order valence-corrected chi connectivity index (χ1v) is 4.95. The molecule has 0 amide bonds. The predicted octanol–water partition coefficient (Wildman–Crippen LogP) is 3.59. The summed E-state index contributed by atoms with van der Waals surface area (Å²) < 4.78 is 1.63. The highest BCUT2D eigenvalue weighted by Crippen LogP contribution is 2.27. The summed E-state index contributed by atoms with van der Waals surface area (Å²) in [6.07, 6.45) is 0. The van der Waals surface area contributed by atoms with Gasteiger partial charge in [0, 0.05) is 14.5 Å². The molecule has 0 radical (unpaired) electrons. The van der Waals surface area contributed by atoms with Crippen LogP contribution in [0.1, 0.15) is 5.56 Å². The van der Waals surface area contributed by atoms with Crippen molar-refractivity contribution in [1.82, 2.24) is 0 Å². The highest BCUT2D eigenvalue weighted by Gasteiger charge is 2.07. The van der Waals surface area contributed by atoms with Gasteiger partial charge in [0.2, 0.25) is 0 Å². The number of hydrogen-bond donors (Lipinski definition) is 1. The molecule has 0 bridgehead atoms. The lowest BCUT2D eigenvalue weighted by molar-refractivity contribution is 0.321. The maximum absolute atomic E-state index is 8.42. The molecule has 0 unspecified atom stereocenters. The Labute approximate surface area is 91.5 Å². The van der Waals surface area contributed by atoms with Gasteiger partial charge in [0.25, 0.3) is 0 Å². The molecule has 0 aliphatic carbocycles. The molecule has 1 rings (SSSR count). The fourth-order valence-corrected chi connectivity index (χ4v) is 1.81. The molecule has 0 atom stereocenters. The topological polar surface area (TPSA) is 32.6 Å². The Morgan fingerprint density at radius 3 is 2.67 bits per heavy atom. The van der Waals surface area contributed by atoms with Crippen LogP contribution < -0.4 is 0 Å². The number of oxime groups is 1. The van der Waals surface area contributed by atoms with Crippen LogP contribution >= 0.6 is 43.5 Å². The molecular weight excluding hydrogens is 309 g/mol. The molecular formula is C7H4Br2ClNO. The Bertz CT molecular complexity index is 327. The monoisotopic (exact) mass is 311 g/mol. The Morgan fingerprint density at radius 1 is 1.42 bits per heavy atom. The summed E-state index contributed by atoms with van der Waals surface area (Å²) in [6.45, 7) is 0. The third kappa shape index (κ3) is 2.00. The van der Waals surface area contributed by atoms with E-state index >= 15 is 0 Å². The van der Waals surface area contributed by atoms with Gasteiger partial charge in [0.15, 0.2) is 5.17 Å². The number of hydrogen-bond acceptors (Lipinski definition) is 2. The van der Waals surface area contributed by atoms with Gasteiger partial charge in [0.1, 0.15) is 0 Å². The van der Waals surface area contributed by atoms with Crippen LogP contribution in [0, 0.1) is 0 Å². The molecule has 0 saturated carbocycles. The number of nitrogens with zero attached hydrogens (tertiary/aromatic N) is 1. The Balaban J connectivity index is 3.26. The minimum atomic E-state index is 0.0585. The highest BCUT2D eigenvalue weighted by molar-refractivity contribution is 9.13. The van der Waals surface area contributed by atoms with Crippen LogP contribution in [0.2, 0.25) is 0 Å². The molecule has 0 fully saturated rings. The maximum Gasteiger partial charge on any atom is 0.176 e. The van der Waals surface area contributed by atoms with E-state index in [-0.39, 0.29) is 5.17 Å². The molecule has 1 aromatic carbocycles. The summed E-state index contributed by atoms with van der Waals surface area (Å²) in [7, 11) is 0. The molecule has 0 aliphatic heterocycles. The quantitative estimate of drug-likeness (QED) is 0.480. The summed E-state index contributed by atoms with van der Waals surface area (Å²) in [5.41, 5.74) is 0.647. The summed E-state index contributed by atoms with van der Waals surface area (Å²) in [4.78, 5) is 0. The lowest BCUT2D eigenvalue weighted by Gasteiger charge is -2.01. The van der Waals surface area contributed by atoms with Gasteiger partial charge >= 0.3 is 0 Å². The van der Waals surface area contributed by atoms with Gasteiger partial charge in [-0.1, -0.05) is 28.9 Å². The van der Waals surface area contributed by atoms with Crippen molar-refractivity contribution in [2.75, 3.05) is 0 Å². The van der Waals surface area contributed by atoms with Crippen LogP contribution in [0.3, 0.4) is 0 Å². The second-order valence-electron chi connectivity index (χ2n) is 1.99. The fraction of sp³-hybridized carbons (Fsp3) is 0. The van der Waals surface area contributed by atoms with Crippen LogP contribution in [0.4, 0.5) is 0 Å². The molecule has 0 aromatic heterocycles. The summed E-state index contributed by atoms with van der Waals surface area (Å²) in [5, 5.41) is 11.4. The van der Waals surface area contributed by atoms with E-state index in [1.54, 1.807) is 12.1 Å². The minimum absolute atomic E-state index is 0.0585. The summed E-state index contributed by atoms with van der Waals surface area (Å²) in [5.74, 6) is 0. The molecule has 64 valence electrons. The molecule has 0 saturated heterocycles. The van der Waals surface area contributed by atoms with E-state index in [1.807, 2.05) is 6.07 Å². The second kappa shape index (κ2) is 4.25. The first-order valence-electron chi connectivity index (χ1n) is 2.98. The van der Waals surface area contributed by atoms with E-state index in [9.17, 15) is 0 Å². The van der Waals surface area contributed by atoms with Crippen LogP contribution in [0.5, 0.6) is 0 Å². The molecule has 0 aliphatic rings. The van der Waals surface area contributed by atoms with E-state index in [0.717, 1.165) is 8.95 Å². The second-order valence-corrected chi connectivity index (χ2v) is 4.00. The molecule has 0 heterocycles. The average molecular weight is 313 g/mol. The lowest BCUT2D eigenvalue weighted by atomic mass is 10.2. The third-order valence-corrected chi connectivity index (χ3v) is 3.59. The van der Waals surface area contributed by atoms with Crippen molar-refractivity contribution in [3.63, 3.8) is 0 Å². The molecule has 1 N–H and O–H groups in total. The molecule has 12 heavy (non-hydrogen) atoms. The van der Waals surface area contributed by atoms with Crippen molar-refractivity contribution in [2.45, 2.75) is 0 Å². The van der Waals surface area contributed by atoms with Gasteiger partial charge in [-0.15, -0.1) is 0 Å². The zero-order valence-corrected chi connectivity index (χ0v) is 9.69. The zero-order chi connectivity index (χ0) is 9.14. The van der Waals surface area contributed by atoms with Gasteiger partial charge in [-0.3, -0.25) is 0 Å². The normalized spacial score (nSPS) is 11.8. The van der Waals surface area contributed by atoms with E-state index in [0.29, 0.717) is 5.56 Å². The summed E-state index contributed by atoms with van der Waals surface area (Å²) >= 11 is 12.2. The van der Waals surface area contributed by atoms with Crippen LogP contribution in [-0.2, 0) is 0 Å². The van der Waals surface area contributed by atoms with E-state index in [2.05, 4.69) is 37.0 Å². The Hall–Kier alpha value is -0.0600. The molecule has 5 heteroatoms. The van der Waals surface area contributed by atoms with Crippen LogP contribution in [-0.4, -0.2) is 10.4 Å². The highest BCUT2D eigenvalue weighted by atomic mass is 79.9. The third-order valence-electron chi connectivity index (χ3n) is 1.26. The van der Waals surface area contributed by atoms with Crippen LogP contribution in [0.15, 0.2) is 32.3 Å². The van der Waals surface area contributed by atoms with Crippen molar-refractivity contribution in [2.24, 2.45) is 5.16 Å². The predicted molar refractivity (Wildman–Crippen MR) is 56.0 cm³/mol. The van der Waals surface area contributed by atoms with E-state index < -0.39 is 0 Å². The lowest BCUT2D eigenvalue weighted by Crippen LogP contribution is -1.92. The number of benzene rings is 1.